The van der Waals surface area contributed by atoms with E-state index >= 15 is 0 Å². The Hall–Kier alpha value is -0.910. The SMILES string of the molecule is CNCC1CCCCN1S(=O)(=O)c1cc(C)cc(C)c1. The second-order valence-electron chi connectivity index (χ2n) is 5.65. The molecule has 0 spiro atoms. The van der Waals surface area contributed by atoms with Gasteiger partial charge in [0.25, 0.3) is 0 Å². The van der Waals surface area contributed by atoms with Gasteiger partial charge in [0.1, 0.15) is 0 Å². The summed E-state index contributed by atoms with van der Waals surface area (Å²) >= 11 is 0. The summed E-state index contributed by atoms with van der Waals surface area (Å²) in [5.74, 6) is 0. The molecule has 0 bridgehead atoms. The van der Waals surface area contributed by atoms with Crippen LogP contribution in [0.3, 0.4) is 0 Å². The quantitative estimate of drug-likeness (QED) is 0.925. The number of sulfonamides is 1. The predicted molar refractivity (Wildman–Crippen MR) is 81.4 cm³/mol. The number of rotatable bonds is 4. The number of hydrogen-bond acceptors (Lipinski definition) is 3. The van der Waals surface area contributed by atoms with Crippen molar-refractivity contribution in [1.82, 2.24) is 9.62 Å². The highest BCUT2D eigenvalue weighted by Gasteiger charge is 2.33. The van der Waals surface area contributed by atoms with Gasteiger partial charge >= 0.3 is 0 Å². The van der Waals surface area contributed by atoms with Gasteiger partial charge in [-0.2, -0.15) is 4.31 Å². The zero-order valence-electron chi connectivity index (χ0n) is 12.5. The lowest BCUT2D eigenvalue weighted by atomic mass is 10.1. The van der Waals surface area contributed by atoms with Gasteiger partial charge in [-0.05, 0) is 57.0 Å². The van der Waals surface area contributed by atoms with Gasteiger partial charge in [-0.25, -0.2) is 8.42 Å². The first-order valence-corrected chi connectivity index (χ1v) is 8.64. The van der Waals surface area contributed by atoms with Crippen LogP contribution in [0, 0.1) is 13.8 Å². The predicted octanol–water partition coefficient (Wildman–Crippen LogP) is 2.07. The van der Waals surface area contributed by atoms with Gasteiger partial charge in [0.2, 0.25) is 10.0 Å². The Bertz CT molecular complexity index is 547. The van der Waals surface area contributed by atoms with E-state index < -0.39 is 10.0 Å². The lowest BCUT2D eigenvalue weighted by molar-refractivity contribution is 0.249. The smallest absolute Gasteiger partial charge is 0.243 e. The molecule has 1 heterocycles. The van der Waals surface area contributed by atoms with Crippen LogP contribution in [0.1, 0.15) is 30.4 Å². The molecule has 2 rings (SSSR count). The average Bonchev–Trinajstić information content (AvgIpc) is 2.38. The third kappa shape index (κ3) is 3.22. The number of hydrogen-bond donors (Lipinski definition) is 1. The fraction of sp³-hybridized carbons (Fsp3) is 0.600. The van der Waals surface area contributed by atoms with E-state index in [9.17, 15) is 8.42 Å². The molecular formula is C15H24N2O2S. The third-order valence-electron chi connectivity index (χ3n) is 3.81. The summed E-state index contributed by atoms with van der Waals surface area (Å²) in [6.07, 6.45) is 2.99. The summed E-state index contributed by atoms with van der Waals surface area (Å²) in [7, 11) is -1.51. The zero-order chi connectivity index (χ0) is 14.8. The van der Waals surface area contributed by atoms with E-state index in [0.29, 0.717) is 18.0 Å². The average molecular weight is 296 g/mol. The summed E-state index contributed by atoms with van der Waals surface area (Å²) in [6, 6.07) is 5.61. The van der Waals surface area contributed by atoms with Crippen molar-refractivity contribution >= 4 is 10.0 Å². The fourth-order valence-corrected chi connectivity index (χ4v) is 4.83. The standard InChI is InChI=1S/C15H24N2O2S/c1-12-8-13(2)10-15(9-12)20(18,19)17-7-5-4-6-14(17)11-16-3/h8-10,14,16H,4-7,11H2,1-3H3. The minimum absolute atomic E-state index is 0.0690. The molecule has 0 amide bonds. The monoisotopic (exact) mass is 296 g/mol. The van der Waals surface area contributed by atoms with Crippen molar-refractivity contribution in [3.63, 3.8) is 0 Å². The molecule has 1 aromatic rings. The van der Waals surface area contributed by atoms with Crippen molar-refractivity contribution in [3.8, 4) is 0 Å². The first-order chi connectivity index (χ1) is 9.45. The van der Waals surface area contributed by atoms with Crippen molar-refractivity contribution < 1.29 is 8.42 Å². The Balaban J connectivity index is 2.36. The molecule has 1 N–H and O–H groups in total. The lowest BCUT2D eigenvalue weighted by Crippen LogP contribution is -2.47. The van der Waals surface area contributed by atoms with Crippen LogP contribution in [-0.2, 0) is 10.0 Å². The highest BCUT2D eigenvalue weighted by atomic mass is 32.2. The highest BCUT2D eigenvalue weighted by Crippen LogP contribution is 2.26. The molecule has 1 aliphatic rings. The maximum atomic E-state index is 12.9. The molecule has 1 aliphatic heterocycles. The van der Waals surface area contributed by atoms with E-state index in [-0.39, 0.29) is 6.04 Å². The minimum atomic E-state index is -3.39. The van der Waals surface area contributed by atoms with Crippen LogP contribution in [0.25, 0.3) is 0 Å². The Morgan fingerprint density at radius 1 is 1.20 bits per heavy atom. The van der Waals surface area contributed by atoms with E-state index in [1.54, 1.807) is 16.4 Å². The Labute approximate surface area is 122 Å². The lowest BCUT2D eigenvalue weighted by Gasteiger charge is -2.34. The molecule has 0 saturated carbocycles. The molecule has 1 saturated heterocycles. The highest BCUT2D eigenvalue weighted by molar-refractivity contribution is 7.89. The van der Waals surface area contributed by atoms with E-state index in [1.165, 1.54) is 0 Å². The Morgan fingerprint density at radius 3 is 2.45 bits per heavy atom. The zero-order valence-corrected chi connectivity index (χ0v) is 13.3. The van der Waals surface area contributed by atoms with Gasteiger partial charge in [-0.15, -0.1) is 0 Å². The van der Waals surface area contributed by atoms with Crippen molar-refractivity contribution in [3.05, 3.63) is 29.3 Å². The second kappa shape index (κ2) is 6.24. The fourth-order valence-electron chi connectivity index (χ4n) is 2.95. The summed E-state index contributed by atoms with van der Waals surface area (Å²) in [5, 5.41) is 3.11. The first-order valence-electron chi connectivity index (χ1n) is 7.20. The number of benzene rings is 1. The van der Waals surface area contributed by atoms with Crippen LogP contribution in [0.15, 0.2) is 23.1 Å². The van der Waals surface area contributed by atoms with E-state index in [1.807, 2.05) is 27.0 Å². The summed E-state index contributed by atoms with van der Waals surface area (Å²) in [5.41, 5.74) is 1.98. The van der Waals surface area contributed by atoms with Gasteiger partial charge in [0.15, 0.2) is 0 Å². The van der Waals surface area contributed by atoms with Gasteiger partial charge in [-0.1, -0.05) is 12.5 Å². The molecule has 20 heavy (non-hydrogen) atoms. The van der Waals surface area contributed by atoms with Gasteiger partial charge in [-0.3, -0.25) is 0 Å². The summed E-state index contributed by atoms with van der Waals surface area (Å²) in [6.45, 7) is 5.21. The van der Waals surface area contributed by atoms with E-state index in [2.05, 4.69) is 5.32 Å². The van der Waals surface area contributed by atoms with Gasteiger partial charge < -0.3 is 5.32 Å². The second-order valence-corrected chi connectivity index (χ2v) is 7.54. The number of aryl methyl sites for hydroxylation is 2. The molecule has 0 radical (unpaired) electrons. The molecule has 1 unspecified atom stereocenters. The number of piperidine rings is 1. The Morgan fingerprint density at radius 2 is 1.85 bits per heavy atom. The topological polar surface area (TPSA) is 49.4 Å². The number of nitrogens with one attached hydrogen (secondary N) is 1. The summed E-state index contributed by atoms with van der Waals surface area (Å²) in [4.78, 5) is 0.429. The van der Waals surface area contributed by atoms with Crippen LogP contribution in [-0.4, -0.2) is 38.9 Å². The minimum Gasteiger partial charge on any atom is -0.318 e. The van der Waals surface area contributed by atoms with Crippen LogP contribution >= 0.6 is 0 Å². The molecule has 1 aromatic carbocycles. The third-order valence-corrected chi connectivity index (χ3v) is 5.74. The van der Waals surface area contributed by atoms with Crippen LogP contribution in [0.2, 0.25) is 0 Å². The molecule has 1 fully saturated rings. The summed E-state index contributed by atoms with van der Waals surface area (Å²) < 4.78 is 27.4. The van der Waals surface area contributed by atoms with Crippen molar-refractivity contribution in [2.75, 3.05) is 20.1 Å². The maximum Gasteiger partial charge on any atom is 0.243 e. The molecule has 0 aromatic heterocycles. The molecule has 1 atom stereocenters. The molecular weight excluding hydrogens is 272 g/mol. The van der Waals surface area contributed by atoms with Crippen molar-refractivity contribution in [2.24, 2.45) is 0 Å². The van der Waals surface area contributed by atoms with Crippen LogP contribution in [0.4, 0.5) is 0 Å². The van der Waals surface area contributed by atoms with E-state index in [4.69, 9.17) is 0 Å². The largest absolute Gasteiger partial charge is 0.318 e. The number of likely N-dealkylation sites (N-methyl/N-ethyl adjacent to an activating group) is 1. The van der Waals surface area contributed by atoms with Crippen molar-refractivity contribution in [2.45, 2.75) is 44.0 Å². The maximum absolute atomic E-state index is 12.9. The number of nitrogens with zero attached hydrogens (tertiary/aromatic N) is 1. The Kier molecular flexibility index (Phi) is 4.83. The van der Waals surface area contributed by atoms with Crippen LogP contribution < -0.4 is 5.32 Å². The van der Waals surface area contributed by atoms with E-state index in [0.717, 1.165) is 30.4 Å². The molecule has 4 nitrogen and oxygen atoms in total. The molecule has 5 heteroatoms. The normalized spacial score (nSPS) is 21.1. The van der Waals surface area contributed by atoms with Gasteiger partial charge in [0, 0.05) is 19.1 Å². The van der Waals surface area contributed by atoms with Gasteiger partial charge in [0.05, 0.1) is 4.90 Å². The molecule has 112 valence electrons. The van der Waals surface area contributed by atoms with Crippen LogP contribution in [0.5, 0.6) is 0 Å². The molecule has 0 aliphatic carbocycles. The first kappa shape index (κ1) is 15.5. The van der Waals surface area contributed by atoms with Crippen molar-refractivity contribution in [1.29, 1.82) is 0 Å².